The normalized spacial score (nSPS) is 19.2. The summed E-state index contributed by atoms with van der Waals surface area (Å²) < 4.78 is 29.0. The van der Waals surface area contributed by atoms with Gasteiger partial charge in [0.2, 0.25) is 15.9 Å². The number of carbonyl (C=O) groups is 1. The zero-order valence-corrected chi connectivity index (χ0v) is 17.9. The predicted molar refractivity (Wildman–Crippen MR) is 111 cm³/mol. The van der Waals surface area contributed by atoms with Crippen LogP contribution < -0.4 is 11.0 Å². The second-order valence-electron chi connectivity index (χ2n) is 7.68. The molecule has 158 valence electrons. The monoisotopic (exact) mass is 420 g/mol. The molecule has 29 heavy (non-hydrogen) atoms. The predicted octanol–water partition coefficient (Wildman–Crippen LogP) is 1.87. The third kappa shape index (κ3) is 4.51. The molecule has 9 heteroatoms. The number of carbonyl (C=O) groups excluding carboxylic acids is 1. The number of amides is 1. The Labute approximate surface area is 171 Å². The molecule has 1 aliphatic rings. The van der Waals surface area contributed by atoms with Crippen LogP contribution in [0, 0.1) is 0 Å². The maximum absolute atomic E-state index is 13.1. The summed E-state index contributed by atoms with van der Waals surface area (Å²) in [7, 11) is -3.63. The molecule has 0 saturated carbocycles. The van der Waals surface area contributed by atoms with E-state index in [1.54, 1.807) is 10.4 Å². The molecule has 3 rings (SSSR count). The van der Waals surface area contributed by atoms with Crippen molar-refractivity contribution in [3.63, 3.8) is 0 Å². The lowest BCUT2D eigenvalue weighted by atomic mass is 10.1. The molecule has 0 aliphatic carbocycles. The molecular formula is C20H28N4O4S. The molecular weight excluding hydrogens is 392 g/mol. The Hall–Kier alpha value is -2.26. The van der Waals surface area contributed by atoms with Gasteiger partial charge in [0.05, 0.1) is 10.4 Å². The molecule has 1 aliphatic heterocycles. The summed E-state index contributed by atoms with van der Waals surface area (Å²) in [6.45, 7) is 6.12. The molecule has 0 spiro atoms. The van der Waals surface area contributed by atoms with Crippen LogP contribution in [0.5, 0.6) is 0 Å². The fourth-order valence-corrected chi connectivity index (χ4v) is 5.36. The Kier molecular flexibility index (Phi) is 6.38. The van der Waals surface area contributed by atoms with Gasteiger partial charge in [0, 0.05) is 30.2 Å². The summed E-state index contributed by atoms with van der Waals surface area (Å²) in [5, 5.41) is 3.33. The van der Waals surface area contributed by atoms with Crippen LogP contribution in [0.1, 0.15) is 46.5 Å². The van der Waals surface area contributed by atoms with Gasteiger partial charge in [0.15, 0.2) is 0 Å². The van der Waals surface area contributed by atoms with Crippen molar-refractivity contribution in [3.8, 4) is 0 Å². The number of nitrogens with one attached hydrogen (secondary N) is 1. The number of hydrogen-bond acceptors (Lipinski definition) is 5. The van der Waals surface area contributed by atoms with Crippen molar-refractivity contribution in [3.05, 3.63) is 34.9 Å². The molecule has 1 fully saturated rings. The summed E-state index contributed by atoms with van der Waals surface area (Å²) in [5.74, 6) is -0.283. The number of nitrogens with zero attached hydrogens (tertiary/aromatic N) is 3. The van der Waals surface area contributed by atoms with Crippen molar-refractivity contribution in [2.75, 3.05) is 6.54 Å². The van der Waals surface area contributed by atoms with Gasteiger partial charge in [0.1, 0.15) is 6.54 Å². The van der Waals surface area contributed by atoms with Crippen LogP contribution >= 0.6 is 0 Å². The first-order chi connectivity index (χ1) is 13.7. The first kappa shape index (κ1) is 21.4. The van der Waals surface area contributed by atoms with Gasteiger partial charge in [0.25, 0.3) is 0 Å². The number of piperidine rings is 1. The van der Waals surface area contributed by atoms with Gasteiger partial charge in [-0.15, -0.1) is 0 Å². The Bertz CT molecular complexity index is 1060. The highest BCUT2D eigenvalue weighted by Gasteiger charge is 2.31. The lowest BCUT2D eigenvalue weighted by Crippen LogP contribution is -2.41. The van der Waals surface area contributed by atoms with Crippen molar-refractivity contribution in [1.82, 2.24) is 19.2 Å². The largest absolute Gasteiger partial charge is 0.352 e. The molecule has 1 N–H and O–H groups in total. The van der Waals surface area contributed by atoms with Gasteiger partial charge in [-0.25, -0.2) is 18.2 Å². The van der Waals surface area contributed by atoms with Gasteiger partial charge in [-0.3, -0.25) is 9.36 Å². The van der Waals surface area contributed by atoms with E-state index in [0.717, 1.165) is 25.7 Å². The molecule has 2 aromatic rings. The van der Waals surface area contributed by atoms with Crippen molar-refractivity contribution in [2.24, 2.45) is 0 Å². The third-order valence-corrected chi connectivity index (χ3v) is 7.51. The fourth-order valence-electron chi connectivity index (χ4n) is 3.62. The van der Waals surface area contributed by atoms with Crippen LogP contribution in [0.2, 0.25) is 0 Å². The van der Waals surface area contributed by atoms with E-state index in [2.05, 4.69) is 10.3 Å². The van der Waals surface area contributed by atoms with Crippen LogP contribution in [0.3, 0.4) is 0 Å². The van der Waals surface area contributed by atoms with Crippen molar-refractivity contribution >= 4 is 26.8 Å². The minimum Gasteiger partial charge on any atom is -0.352 e. The summed E-state index contributed by atoms with van der Waals surface area (Å²) in [6.07, 6.45) is 4.87. The quantitative estimate of drug-likeness (QED) is 0.769. The maximum Gasteiger partial charge on any atom is 0.348 e. The number of fused-ring (bicyclic) bond motifs is 1. The lowest BCUT2D eigenvalue weighted by Gasteiger charge is -2.32. The molecule has 1 saturated heterocycles. The Morgan fingerprint density at radius 1 is 1.34 bits per heavy atom. The van der Waals surface area contributed by atoms with E-state index in [4.69, 9.17) is 0 Å². The molecule has 1 aromatic heterocycles. The van der Waals surface area contributed by atoms with Crippen LogP contribution in [0.25, 0.3) is 10.9 Å². The van der Waals surface area contributed by atoms with E-state index in [1.165, 1.54) is 22.9 Å². The smallest absolute Gasteiger partial charge is 0.348 e. The van der Waals surface area contributed by atoms with Gasteiger partial charge in [-0.2, -0.15) is 4.31 Å². The minimum atomic E-state index is -3.63. The van der Waals surface area contributed by atoms with Crippen LogP contribution in [0.4, 0.5) is 0 Å². The van der Waals surface area contributed by atoms with Crippen molar-refractivity contribution in [1.29, 1.82) is 0 Å². The van der Waals surface area contributed by atoms with E-state index in [1.807, 2.05) is 20.8 Å². The van der Waals surface area contributed by atoms with Crippen LogP contribution in [-0.2, 0) is 21.4 Å². The molecule has 1 aromatic carbocycles. The molecule has 1 amide bonds. The average Bonchev–Trinajstić information content (AvgIpc) is 2.69. The van der Waals surface area contributed by atoms with Gasteiger partial charge in [-0.1, -0.05) is 13.3 Å². The average molecular weight is 421 g/mol. The number of aromatic nitrogens is 2. The van der Waals surface area contributed by atoms with Gasteiger partial charge in [-0.05, 0) is 51.3 Å². The number of rotatable bonds is 6. The third-order valence-electron chi connectivity index (χ3n) is 5.50. The Morgan fingerprint density at radius 3 is 2.79 bits per heavy atom. The Balaban J connectivity index is 1.96. The Morgan fingerprint density at radius 2 is 2.10 bits per heavy atom. The first-order valence-corrected chi connectivity index (χ1v) is 11.5. The van der Waals surface area contributed by atoms with E-state index < -0.39 is 15.7 Å². The SMILES string of the molecule is CC[C@@H](C)NC(=O)Cn1c(=O)ncc2cc(S(=O)(=O)N3CCCC[C@@H]3C)ccc21. The van der Waals surface area contributed by atoms with Gasteiger partial charge >= 0.3 is 5.69 Å². The highest BCUT2D eigenvalue weighted by Crippen LogP contribution is 2.26. The van der Waals surface area contributed by atoms with Crippen molar-refractivity contribution in [2.45, 2.75) is 70.0 Å². The van der Waals surface area contributed by atoms with E-state index in [0.29, 0.717) is 17.4 Å². The molecule has 2 heterocycles. The second kappa shape index (κ2) is 8.62. The summed E-state index contributed by atoms with van der Waals surface area (Å²) in [4.78, 5) is 28.5. The highest BCUT2D eigenvalue weighted by molar-refractivity contribution is 7.89. The summed E-state index contributed by atoms with van der Waals surface area (Å²) in [6, 6.07) is 4.57. The van der Waals surface area contributed by atoms with Crippen molar-refractivity contribution < 1.29 is 13.2 Å². The number of benzene rings is 1. The molecule has 8 nitrogen and oxygen atoms in total. The van der Waals surface area contributed by atoms with E-state index >= 15 is 0 Å². The first-order valence-electron chi connectivity index (χ1n) is 10.0. The lowest BCUT2D eigenvalue weighted by molar-refractivity contribution is -0.122. The zero-order chi connectivity index (χ0) is 21.2. The summed E-state index contributed by atoms with van der Waals surface area (Å²) in [5.41, 5.74) is -0.0630. The van der Waals surface area contributed by atoms with Gasteiger partial charge < -0.3 is 5.32 Å². The van der Waals surface area contributed by atoms with E-state index in [-0.39, 0.29) is 29.4 Å². The number of hydrogen-bond donors (Lipinski definition) is 1. The topological polar surface area (TPSA) is 101 Å². The zero-order valence-electron chi connectivity index (χ0n) is 17.1. The van der Waals surface area contributed by atoms with Crippen LogP contribution in [0.15, 0.2) is 34.1 Å². The molecule has 0 radical (unpaired) electrons. The minimum absolute atomic E-state index is 0.00409. The number of sulfonamides is 1. The fraction of sp³-hybridized carbons (Fsp3) is 0.550. The second-order valence-corrected chi connectivity index (χ2v) is 9.58. The molecule has 0 unspecified atom stereocenters. The molecule has 0 bridgehead atoms. The van der Waals surface area contributed by atoms with Crippen LogP contribution in [-0.4, -0.2) is 46.8 Å². The van der Waals surface area contributed by atoms with E-state index in [9.17, 15) is 18.0 Å². The standard InChI is InChI=1S/C20H28N4O4S/c1-4-14(2)22-19(25)13-23-18-9-8-17(11-16(18)12-21-20(23)26)29(27,28)24-10-6-5-7-15(24)3/h8-9,11-12,14-15H,4-7,10,13H2,1-3H3,(H,22,25)/t14-,15+/m1/s1. The highest BCUT2D eigenvalue weighted by atomic mass is 32.2. The maximum atomic E-state index is 13.1. The molecule has 2 atom stereocenters. The summed E-state index contributed by atoms with van der Waals surface area (Å²) >= 11 is 0.